The SMILES string of the molecule is COCCCn1c(SCc2cccc(Cl)c2)nc2ccccc2c1=O. The van der Waals surface area contributed by atoms with Crippen LogP contribution in [-0.4, -0.2) is 23.3 Å². The van der Waals surface area contributed by atoms with E-state index in [-0.39, 0.29) is 5.56 Å². The predicted molar refractivity (Wildman–Crippen MR) is 104 cm³/mol. The third-order valence-corrected chi connectivity index (χ3v) is 5.10. The van der Waals surface area contributed by atoms with Crippen LogP contribution in [-0.2, 0) is 17.0 Å². The van der Waals surface area contributed by atoms with Crippen LogP contribution in [0.3, 0.4) is 0 Å². The fourth-order valence-corrected chi connectivity index (χ4v) is 3.78. The molecule has 130 valence electrons. The zero-order valence-corrected chi connectivity index (χ0v) is 15.5. The van der Waals surface area contributed by atoms with Crippen molar-refractivity contribution in [2.24, 2.45) is 0 Å². The monoisotopic (exact) mass is 374 g/mol. The Morgan fingerprint density at radius 2 is 2.04 bits per heavy atom. The summed E-state index contributed by atoms with van der Waals surface area (Å²) in [4.78, 5) is 17.6. The Bertz CT molecular complexity index is 927. The number of rotatable bonds is 7. The molecule has 6 heteroatoms. The van der Waals surface area contributed by atoms with Gasteiger partial charge in [-0.15, -0.1) is 0 Å². The predicted octanol–water partition coefficient (Wildman–Crippen LogP) is 4.38. The molecular formula is C19H19ClN2O2S. The van der Waals surface area contributed by atoms with Gasteiger partial charge in [0.05, 0.1) is 10.9 Å². The number of para-hydroxylation sites is 1. The van der Waals surface area contributed by atoms with Gasteiger partial charge in [0, 0.05) is 31.0 Å². The summed E-state index contributed by atoms with van der Waals surface area (Å²) in [5.74, 6) is 0.704. The molecule has 4 nitrogen and oxygen atoms in total. The smallest absolute Gasteiger partial charge is 0.262 e. The quantitative estimate of drug-likeness (QED) is 0.350. The van der Waals surface area contributed by atoms with Crippen molar-refractivity contribution in [2.45, 2.75) is 23.9 Å². The first-order chi connectivity index (χ1) is 12.2. The van der Waals surface area contributed by atoms with Crippen LogP contribution in [0, 0.1) is 0 Å². The van der Waals surface area contributed by atoms with Crippen LogP contribution in [0.4, 0.5) is 0 Å². The molecule has 3 rings (SSSR count). The first kappa shape index (κ1) is 18.0. The summed E-state index contributed by atoms with van der Waals surface area (Å²) in [5.41, 5.74) is 1.82. The van der Waals surface area contributed by atoms with E-state index in [0.717, 1.165) is 22.7 Å². The molecule has 0 spiro atoms. The lowest BCUT2D eigenvalue weighted by Crippen LogP contribution is -2.24. The van der Waals surface area contributed by atoms with Gasteiger partial charge in [-0.25, -0.2) is 4.98 Å². The number of hydrogen-bond donors (Lipinski definition) is 0. The topological polar surface area (TPSA) is 44.1 Å². The van der Waals surface area contributed by atoms with E-state index in [1.165, 1.54) is 0 Å². The number of nitrogens with zero attached hydrogens (tertiary/aromatic N) is 2. The van der Waals surface area contributed by atoms with Gasteiger partial charge in [0.2, 0.25) is 0 Å². The molecular weight excluding hydrogens is 356 g/mol. The van der Waals surface area contributed by atoms with Crippen molar-refractivity contribution >= 4 is 34.3 Å². The molecule has 1 aromatic heterocycles. The largest absolute Gasteiger partial charge is 0.385 e. The summed E-state index contributed by atoms with van der Waals surface area (Å²) in [6.07, 6.45) is 0.765. The highest BCUT2D eigenvalue weighted by Gasteiger charge is 2.11. The van der Waals surface area contributed by atoms with E-state index in [4.69, 9.17) is 21.3 Å². The molecule has 0 bridgehead atoms. The molecule has 0 saturated carbocycles. The maximum atomic E-state index is 12.9. The standard InChI is InChI=1S/C19H19ClN2O2S/c1-24-11-5-10-22-18(23)16-8-2-3-9-17(16)21-19(22)25-13-14-6-4-7-15(20)12-14/h2-4,6-9,12H,5,10-11,13H2,1H3. The van der Waals surface area contributed by atoms with E-state index in [9.17, 15) is 4.79 Å². The number of benzene rings is 2. The Morgan fingerprint density at radius 3 is 2.84 bits per heavy atom. The lowest BCUT2D eigenvalue weighted by Gasteiger charge is -2.13. The Balaban J connectivity index is 1.93. The molecule has 0 aliphatic rings. The first-order valence-corrected chi connectivity index (χ1v) is 9.41. The van der Waals surface area contributed by atoms with E-state index in [0.29, 0.717) is 29.3 Å². The minimum absolute atomic E-state index is 0.00435. The summed E-state index contributed by atoms with van der Waals surface area (Å²) in [7, 11) is 1.66. The maximum Gasteiger partial charge on any atom is 0.262 e. The fraction of sp³-hybridized carbons (Fsp3) is 0.263. The third-order valence-electron chi connectivity index (χ3n) is 3.81. The molecule has 0 unspecified atom stereocenters. The second-order valence-electron chi connectivity index (χ2n) is 5.63. The number of ether oxygens (including phenoxy) is 1. The van der Waals surface area contributed by atoms with E-state index in [2.05, 4.69) is 0 Å². The average Bonchev–Trinajstić information content (AvgIpc) is 2.62. The molecule has 2 aromatic carbocycles. The lowest BCUT2D eigenvalue weighted by atomic mass is 10.2. The minimum atomic E-state index is -0.00435. The van der Waals surface area contributed by atoms with Crippen molar-refractivity contribution < 1.29 is 4.74 Å². The van der Waals surface area contributed by atoms with Crippen LogP contribution in [0.1, 0.15) is 12.0 Å². The highest BCUT2D eigenvalue weighted by atomic mass is 35.5. The van der Waals surface area contributed by atoms with Crippen molar-refractivity contribution in [3.63, 3.8) is 0 Å². The molecule has 1 heterocycles. The second-order valence-corrected chi connectivity index (χ2v) is 7.01. The van der Waals surface area contributed by atoms with Gasteiger partial charge in [-0.2, -0.15) is 0 Å². The van der Waals surface area contributed by atoms with Gasteiger partial charge < -0.3 is 4.74 Å². The van der Waals surface area contributed by atoms with Gasteiger partial charge in [-0.1, -0.05) is 47.6 Å². The molecule has 0 fully saturated rings. The number of fused-ring (bicyclic) bond motifs is 1. The van der Waals surface area contributed by atoms with Crippen LogP contribution < -0.4 is 5.56 Å². The van der Waals surface area contributed by atoms with Gasteiger partial charge in [-0.05, 0) is 36.2 Å². The number of hydrogen-bond acceptors (Lipinski definition) is 4. The molecule has 25 heavy (non-hydrogen) atoms. The van der Waals surface area contributed by atoms with Gasteiger partial charge in [0.25, 0.3) is 5.56 Å². The summed E-state index contributed by atoms with van der Waals surface area (Å²) < 4.78 is 6.86. The average molecular weight is 375 g/mol. The molecule has 0 atom stereocenters. The maximum absolute atomic E-state index is 12.9. The molecule has 0 amide bonds. The molecule has 0 N–H and O–H groups in total. The summed E-state index contributed by atoms with van der Waals surface area (Å²) >= 11 is 7.60. The van der Waals surface area contributed by atoms with Crippen LogP contribution in [0.5, 0.6) is 0 Å². The molecule has 3 aromatic rings. The van der Waals surface area contributed by atoms with Crippen molar-refractivity contribution in [1.29, 1.82) is 0 Å². The summed E-state index contributed by atoms with van der Waals surface area (Å²) in [5, 5.41) is 2.08. The summed E-state index contributed by atoms with van der Waals surface area (Å²) in [6, 6.07) is 15.2. The van der Waals surface area contributed by atoms with E-state index in [1.54, 1.807) is 23.4 Å². The Hall–Kier alpha value is -1.82. The highest BCUT2D eigenvalue weighted by molar-refractivity contribution is 7.98. The van der Waals surface area contributed by atoms with Crippen LogP contribution in [0.15, 0.2) is 58.5 Å². The van der Waals surface area contributed by atoms with Gasteiger partial charge in [0.15, 0.2) is 5.16 Å². The van der Waals surface area contributed by atoms with Crippen LogP contribution in [0.2, 0.25) is 5.02 Å². The fourth-order valence-electron chi connectivity index (χ4n) is 2.60. The van der Waals surface area contributed by atoms with E-state index in [1.807, 2.05) is 48.5 Å². The number of thioether (sulfide) groups is 1. The zero-order valence-electron chi connectivity index (χ0n) is 13.9. The summed E-state index contributed by atoms with van der Waals surface area (Å²) in [6.45, 7) is 1.19. The second kappa shape index (κ2) is 8.52. The number of methoxy groups -OCH3 is 1. The lowest BCUT2D eigenvalue weighted by molar-refractivity contribution is 0.189. The van der Waals surface area contributed by atoms with Crippen LogP contribution in [0.25, 0.3) is 10.9 Å². The van der Waals surface area contributed by atoms with Crippen molar-refractivity contribution in [2.75, 3.05) is 13.7 Å². The third kappa shape index (κ3) is 4.42. The van der Waals surface area contributed by atoms with Crippen molar-refractivity contribution in [3.8, 4) is 0 Å². The van der Waals surface area contributed by atoms with Crippen molar-refractivity contribution in [1.82, 2.24) is 9.55 Å². The highest BCUT2D eigenvalue weighted by Crippen LogP contribution is 2.23. The Morgan fingerprint density at radius 1 is 1.20 bits per heavy atom. The van der Waals surface area contributed by atoms with Crippen molar-refractivity contribution in [3.05, 3.63) is 69.5 Å². The zero-order chi connectivity index (χ0) is 17.6. The van der Waals surface area contributed by atoms with E-state index >= 15 is 0 Å². The molecule has 0 aliphatic carbocycles. The normalized spacial score (nSPS) is 11.1. The van der Waals surface area contributed by atoms with Gasteiger partial charge in [-0.3, -0.25) is 9.36 Å². The molecule has 0 aliphatic heterocycles. The van der Waals surface area contributed by atoms with Gasteiger partial charge >= 0.3 is 0 Å². The Kier molecular flexibility index (Phi) is 6.13. The number of aromatic nitrogens is 2. The van der Waals surface area contributed by atoms with Crippen LogP contribution >= 0.6 is 23.4 Å². The minimum Gasteiger partial charge on any atom is -0.385 e. The van der Waals surface area contributed by atoms with Gasteiger partial charge in [0.1, 0.15) is 0 Å². The molecule has 0 radical (unpaired) electrons. The van der Waals surface area contributed by atoms with E-state index < -0.39 is 0 Å². The molecule has 0 saturated heterocycles. The number of halogens is 1. The Labute approximate surface area is 155 Å². The first-order valence-electron chi connectivity index (χ1n) is 8.05.